The van der Waals surface area contributed by atoms with E-state index in [4.69, 9.17) is 9.26 Å². The third kappa shape index (κ3) is 3.73. The van der Waals surface area contributed by atoms with Crippen molar-refractivity contribution < 1.29 is 14.1 Å². The highest BCUT2D eigenvalue weighted by Crippen LogP contribution is 2.32. The monoisotopic (exact) mass is 350 g/mol. The molecule has 1 spiro atoms. The first kappa shape index (κ1) is 18.4. The Bertz CT molecular complexity index is 586. The van der Waals surface area contributed by atoms with Crippen LogP contribution in [0.4, 0.5) is 0 Å². The largest absolute Gasteiger partial charge is 0.378 e. The number of rotatable bonds is 4. The number of amides is 1. The normalized spacial score (nSPS) is 21.2. The van der Waals surface area contributed by atoms with Gasteiger partial charge >= 0.3 is 0 Å². The lowest BCUT2D eigenvalue weighted by atomic mass is 9.85. The summed E-state index contributed by atoms with van der Waals surface area (Å²) in [5.41, 5.74) is 1.38. The van der Waals surface area contributed by atoms with Crippen molar-refractivity contribution in [2.24, 2.45) is 0 Å². The van der Waals surface area contributed by atoms with Crippen molar-refractivity contribution in [3.63, 3.8) is 0 Å². The van der Waals surface area contributed by atoms with E-state index in [1.54, 1.807) is 6.92 Å². The first-order chi connectivity index (χ1) is 11.9. The van der Waals surface area contributed by atoms with Crippen LogP contribution in [0.1, 0.15) is 34.7 Å². The highest BCUT2D eigenvalue weighted by molar-refractivity contribution is 5.96. The molecule has 0 aromatic carbocycles. The Morgan fingerprint density at radius 3 is 2.56 bits per heavy atom. The maximum atomic E-state index is 12.8. The molecule has 1 amide bonds. The predicted molar refractivity (Wildman–Crippen MR) is 94.8 cm³/mol. The van der Waals surface area contributed by atoms with E-state index in [-0.39, 0.29) is 11.4 Å². The topological polar surface area (TPSA) is 62.1 Å². The second-order valence-corrected chi connectivity index (χ2v) is 7.56. The summed E-state index contributed by atoms with van der Waals surface area (Å²) in [6.45, 7) is 9.78. The maximum Gasteiger partial charge on any atom is 0.259 e. The predicted octanol–water partition coefficient (Wildman–Crippen LogP) is 1.16. The van der Waals surface area contributed by atoms with Gasteiger partial charge in [-0.05, 0) is 40.8 Å². The van der Waals surface area contributed by atoms with Gasteiger partial charge in [0.1, 0.15) is 11.3 Å². The average Bonchev–Trinajstić information content (AvgIpc) is 2.93. The quantitative estimate of drug-likeness (QED) is 0.812. The number of hydrogen-bond acceptors (Lipinski definition) is 6. The molecular weight excluding hydrogens is 320 g/mol. The standard InChI is InChI=1S/C18H30N4O3/c1-14-16(15(2)25-19-14)17(23)21-7-5-18(6-8-21)13-24-12-11-22(18)10-9-20(3)4/h5-13H2,1-4H3. The molecule has 1 aromatic heterocycles. The first-order valence-electron chi connectivity index (χ1n) is 9.13. The van der Waals surface area contributed by atoms with Gasteiger partial charge in [-0.1, -0.05) is 5.16 Å². The fourth-order valence-corrected chi connectivity index (χ4v) is 3.97. The molecule has 2 aliphatic rings. The molecule has 2 fully saturated rings. The molecule has 0 bridgehead atoms. The Morgan fingerprint density at radius 1 is 1.24 bits per heavy atom. The molecule has 7 heteroatoms. The smallest absolute Gasteiger partial charge is 0.259 e. The zero-order chi connectivity index (χ0) is 18.0. The molecule has 3 heterocycles. The molecule has 25 heavy (non-hydrogen) atoms. The van der Waals surface area contributed by atoms with E-state index in [0.29, 0.717) is 17.0 Å². The molecule has 1 aromatic rings. The third-order valence-electron chi connectivity index (χ3n) is 5.59. The number of morpholine rings is 1. The Hall–Kier alpha value is -1.44. The molecule has 0 atom stereocenters. The number of likely N-dealkylation sites (tertiary alicyclic amines) is 1. The zero-order valence-corrected chi connectivity index (χ0v) is 15.9. The van der Waals surface area contributed by atoms with E-state index >= 15 is 0 Å². The average molecular weight is 350 g/mol. The van der Waals surface area contributed by atoms with Crippen LogP contribution in [0.5, 0.6) is 0 Å². The number of aryl methyl sites for hydroxylation is 2. The lowest BCUT2D eigenvalue weighted by Crippen LogP contribution is -2.62. The zero-order valence-electron chi connectivity index (χ0n) is 15.9. The van der Waals surface area contributed by atoms with E-state index in [2.05, 4.69) is 29.1 Å². The summed E-state index contributed by atoms with van der Waals surface area (Å²) in [6, 6.07) is 0. The van der Waals surface area contributed by atoms with Gasteiger partial charge in [-0.2, -0.15) is 0 Å². The van der Waals surface area contributed by atoms with Gasteiger partial charge in [0.15, 0.2) is 0 Å². The Balaban J connectivity index is 1.66. The van der Waals surface area contributed by atoms with Crippen LogP contribution in [0.3, 0.4) is 0 Å². The molecule has 0 radical (unpaired) electrons. The molecule has 7 nitrogen and oxygen atoms in total. The van der Waals surface area contributed by atoms with Crippen LogP contribution in [0.15, 0.2) is 4.52 Å². The number of likely N-dealkylation sites (N-methyl/N-ethyl adjacent to an activating group) is 1. The van der Waals surface area contributed by atoms with Gasteiger partial charge in [0.25, 0.3) is 5.91 Å². The van der Waals surface area contributed by atoms with Gasteiger partial charge in [0, 0.05) is 38.3 Å². The minimum absolute atomic E-state index is 0.0441. The van der Waals surface area contributed by atoms with Crippen molar-refractivity contribution in [2.45, 2.75) is 32.2 Å². The summed E-state index contributed by atoms with van der Waals surface area (Å²) >= 11 is 0. The number of carbonyl (C=O) groups excluding carboxylic acids is 1. The molecule has 0 N–H and O–H groups in total. The van der Waals surface area contributed by atoms with Crippen molar-refractivity contribution in [3.8, 4) is 0 Å². The van der Waals surface area contributed by atoms with Crippen molar-refractivity contribution in [3.05, 3.63) is 17.0 Å². The molecule has 3 rings (SSSR count). The molecule has 2 aliphatic heterocycles. The summed E-state index contributed by atoms with van der Waals surface area (Å²) in [4.78, 5) is 19.6. The van der Waals surface area contributed by atoms with Crippen LogP contribution in [0, 0.1) is 13.8 Å². The van der Waals surface area contributed by atoms with E-state index in [9.17, 15) is 4.79 Å². The molecule has 0 aliphatic carbocycles. The molecule has 0 saturated carbocycles. The number of aromatic nitrogens is 1. The van der Waals surface area contributed by atoms with Crippen molar-refractivity contribution in [1.29, 1.82) is 0 Å². The second kappa shape index (κ2) is 7.43. The third-order valence-corrected chi connectivity index (χ3v) is 5.59. The van der Waals surface area contributed by atoms with Crippen molar-refractivity contribution in [2.75, 3.05) is 60.0 Å². The lowest BCUT2D eigenvalue weighted by Gasteiger charge is -2.51. The number of nitrogens with zero attached hydrogens (tertiary/aromatic N) is 4. The number of piperidine rings is 1. The Morgan fingerprint density at radius 2 is 1.96 bits per heavy atom. The molecule has 140 valence electrons. The van der Waals surface area contributed by atoms with E-state index in [1.807, 2.05) is 11.8 Å². The van der Waals surface area contributed by atoms with E-state index in [1.165, 1.54) is 0 Å². The SMILES string of the molecule is Cc1noc(C)c1C(=O)N1CCC2(CC1)COCCN2CCN(C)C. The van der Waals surface area contributed by atoms with Crippen LogP contribution in [0.2, 0.25) is 0 Å². The summed E-state index contributed by atoms with van der Waals surface area (Å²) in [5.74, 6) is 0.652. The highest BCUT2D eigenvalue weighted by atomic mass is 16.5. The number of carbonyl (C=O) groups is 1. The highest BCUT2D eigenvalue weighted by Gasteiger charge is 2.43. The summed E-state index contributed by atoms with van der Waals surface area (Å²) in [7, 11) is 4.22. The molecular formula is C18H30N4O3. The van der Waals surface area contributed by atoms with Gasteiger partial charge < -0.3 is 19.1 Å². The molecule has 2 saturated heterocycles. The van der Waals surface area contributed by atoms with Crippen LogP contribution >= 0.6 is 0 Å². The minimum atomic E-state index is 0.0441. The fourth-order valence-electron chi connectivity index (χ4n) is 3.97. The van der Waals surface area contributed by atoms with Crippen LogP contribution in [-0.2, 0) is 4.74 Å². The van der Waals surface area contributed by atoms with Crippen LogP contribution in [-0.4, -0.2) is 91.3 Å². The van der Waals surface area contributed by atoms with E-state index < -0.39 is 0 Å². The van der Waals surface area contributed by atoms with Crippen LogP contribution in [0.25, 0.3) is 0 Å². The van der Waals surface area contributed by atoms with Gasteiger partial charge in [-0.25, -0.2) is 0 Å². The van der Waals surface area contributed by atoms with Gasteiger partial charge in [0.05, 0.1) is 18.9 Å². The summed E-state index contributed by atoms with van der Waals surface area (Å²) < 4.78 is 11.0. The van der Waals surface area contributed by atoms with Gasteiger partial charge in [-0.15, -0.1) is 0 Å². The van der Waals surface area contributed by atoms with Crippen LogP contribution < -0.4 is 0 Å². The number of ether oxygens (including phenoxy) is 1. The van der Waals surface area contributed by atoms with E-state index in [0.717, 1.165) is 58.8 Å². The number of hydrogen-bond donors (Lipinski definition) is 0. The second-order valence-electron chi connectivity index (χ2n) is 7.56. The van der Waals surface area contributed by atoms with Gasteiger partial charge in [0.2, 0.25) is 0 Å². The molecule has 0 unspecified atom stereocenters. The maximum absolute atomic E-state index is 12.8. The fraction of sp³-hybridized carbons (Fsp3) is 0.778. The summed E-state index contributed by atoms with van der Waals surface area (Å²) in [5, 5.41) is 3.91. The van der Waals surface area contributed by atoms with Gasteiger partial charge in [-0.3, -0.25) is 9.69 Å². The first-order valence-corrected chi connectivity index (χ1v) is 9.13. The Labute approximate surface area is 149 Å². The lowest BCUT2D eigenvalue weighted by molar-refractivity contribution is -0.0927. The minimum Gasteiger partial charge on any atom is -0.378 e. The van der Waals surface area contributed by atoms with Crippen molar-refractivity contribution >= 4 is 5.91 Å². The Kier molecular flexibility index (Phi) is 5.46. The van der Waals surface area contributed by atoms with Crippen molar-refractivity contribution in [1.82, 2.24) is 19.9 Å². The summed E-state index contributed by atoms with van der Waals surface area (Å²) in [6.07, 6.45) is 1.91.